The number of hydrogen-bond donors (Lipinski definition) is 5. The number of carbonyl (C=O) groups is 2. The summed E-state index contributed by atoms with van der Waals surface area (Å²) in [5.41, 5.74) is 0.832. The molecule has 1 amide bonds. The van der Waals surface area contributed by atoms with Crippen molar-refractivity contribution in [3.05, 3.63) is 62.6 Å². The third-order valence-corrected chi connectivity index (χ3v) is 6.50. The first-order valence-corrected chi connectivity index (χ1v) is 11.2. The number of amides is 1. The standard InChI is InChI=1S/C20H24N2O7S/c1-11(2)13-5-3-12(4-6-13)8-22-15-10-30(28,29)9-14(15)18(25)17(20(22)27)19(26)21-7-16(23)24/h3-6,11,25,28-29H,7-10H2,1-2H3,(H,21,26)(H,23,24). The number of carboxylic acids is 1. The minimum atomic E-state index is -3.09. The quantitative estimate of drug-likeness (QED) is 0.466. The summed E-state index contributed by atoms with van der Waals surface area (Å²) in [7, 11) is -3.09. The van der Waals surface area contributed by atoms with E-state index >= 15 is 0 Å². The Morgan fingerprint density at radius 2 is 1.80 bits per heavy atom. The normalized spacial score (nSPS) is 15.6. The molecule has 0 saturated heterocycles. The van der Waals surface area contributed by atoms with Gasteiger partial charge in [-0.1, -0.05) is 38.1 Å². The molecule has 1 aromatic carbocycles. The summed E-state index contributed by atoms with van der Waals surface area (Å²) in [6.45, 7) is 3.45. The SMILES string of the molecule is CC(C)c1ccc(Cn2c3c(c(O)c(C(=O)NCC(=O)O)c2=O)CS(O)(O)C3)cc1. The van der Waals surface area contributed by atoms with Gasteiger partial charge in [-0.3, -0.25) is 23.5 Å². The molecule has 1 aliphatic rings. The van der Waals surface area contributed by atoms with Crippen molar-refractivity contribution in [1.82, 2.24) is 9.88 Å². The highest BCUT2D eigenvalue weighted by Crippen LogP contribution is 2.54. The van der Waals surface area contributed by atoms with E-state index in [0.717, 1.165) is 11.1 Å². The average Bonchev–Trinajstić information content (AvgIpc) is 2.99. The molecule has 1 aliphatic heterocycles. The van der Waals surface area contributed by atoms with Crippen molar-refractivity contribution >= 4 is 22.5 Å². The largest absolute Gasteiger partial charge is 0.506 e. The molecule has 0 fully saturated rings. The zero-order chi connectivity index (χ0) is 22.2. The van der Waals surface area contributed by atoms with Crippen LogP contribution in [0.5, 0.6) is 5.75 Å². The number of aliphatic carboxylic acids is 1. The number of carbonyl (C=O) groups excluding carboxylic acids is 1. The Morgan fingerprint density at radius 3 is 2.37 bits per heavy atom. The maximum atomic E-state index is 13.1. The average molecular weight is 436 g/mol. The predicted octanol–water partition coefficient (Wildman–Crippen LogP) is 2.30. The first-order valence-electron chi connectivity index (χ1n) is 9.30. The summed E-state index contributed by atoms with van der Waals surface area (Å²) >= 11 is 0. The van der Waals surface area contributed by atoms with Crippen molar-refractivity contribution < 1.29 is 28.9 Å². The van der Waals surface area contributed by atoms with Crippen LogP contribution in [0.4, 0.5) is 0 Å². The van der Waals surface area contributed by atoms with Gasteiger partial charge < -0.3 is 20.1 Å². The van der Waals surface area contributed by atoms with Gasteiger partial charge in [-0.05, 0) is 17.0 Å². The molecule has 0 atom stereocenters. The number of benzene rings is 1. The molecular formula is C20H24N2O7S. The first kappa shape index (κ1) is 21.9. The number of hydrogen-bond acceptors (Lipinski definition) is 6. The van der Waals surface area contributed by atoms with Gasteiger partial charge in [-0.25, -0.2) is 0 Å². The number of carboxylic acid groups (broad SMARTS) is 1. The number of aromatic nitrogens is 1. The highest BCUT2D eigenvalue weighted by atomic mass is 32.3. The second-order valence-electron chi connectivity index (χ2n) is 7.60. The molecule has 2 heterocycles. The van der Waals surface area contributed by atoms with Gasteiger partial charge >= 0.3 is 5.97 Å². The Hall–Kier alpha value is -2.82. The van der Waals surface area contributed by atoms with Gasteiger partial charge in [0.1, 0.15) is 17.9 Å². The minimum Gasteiger partial charge on any atom is -0.506 e. The Morgan fingerprint density at radius 1 is 1.17 bits per heavy atom. The topological polar surface area (TPSA) is 149 Å². The molecular weight excluding hydrogens is 412 g/mol. The summed E-state index contributed by atoms with van der Waals surface area (Å²) in [5.74, 6) is -3.12. The molecule has 1 aromatic heterocycles. The number of nitrogens with one attached hydrogen (secondary N) is 1. The fraction of sp³-hybridized carbons (Fsp3) is 0.350. The van der Waals surface area contributed by atoms with E-state index in [2.05, 4.69) is 19.2 Å². The first-order chi connectivity index (χ1) is 14.0. The highest BCUT2D eigenvalue weighted by Gasteiger charge is 2.35. The monoisotopic (exact) mass is 436 g/mol. The number of nitrogens with zero attached hydrogens (tertiary/aromatic N) is 1. The summed E-state index contributed by atoms with van der Waals surface area (Å²) in [6, 6.07) is 7.55. The number of rotatable bonds is 6. The van der Waals surface area contributed by atoms with E-state index < -0.39 is 45.9 Å². The Balaban J connectivity index is 2.08. The van der Waals surface area contributed by atoms with Crippen LogP contribution in [0, 0.1) is 0 Å². The van der Waals surface area contributed by atoms with Crippen molar-refractivity contribution in [3.8, 4) is 5.75 Å². The van der Waals surface area contributed by atoms with Crippen molar-refractivity contribution in [2.24, 2.45) is 0 Å². The van der Waals surface area contributed by atoms with Crippen LogP contribution in [0.3, 0.4) is 0 Å². The van der Waals surface area contributed by atoms with Crippen molar-refractivity contribution in [2.75, 3.05) is 6.54 Å². The molecule has 0 aliphatic carbocycles. The fourth-order valence-corrected chi connectivity index (χ4v) is 5.07. The van der Waals surface area contributed by atoms with Crippen LogP contribution in [0.15, 0.2) is 29.1 Å². The Bertz CT molecular complexity index is 1060. The van der Waals surface area contributed by atoms with Crippen molar-refractivity contribution in [3.63, 3.8) is 0 Å². The van der Waals surface area contributed by atoms with Crippen LogP contribution in [-0.2, 0) is 22.8 Å². The Labute approximate surface area is 174 Å². The lowest BCUT2D eigenvalue weighted by Crippen LogP contribution is -2.37. The molecule has 0 saturated carbocycles. The lowest BCUT2D eigenvalue weighted by molar-refractivity contribution is -0.135. The molecule has 30 heavy (non-hydrogen) atoms. The Kier molecular flexibility index (Phi) is 5.93. The molecule has 0 radical (unpaired) electrons. The van der Waals surface area contributed by atoms with Crippen LogP contribution >= 0.6 is 10.6 Å². The second kappa shape index (κ2) is 8.13. The van der Waals surface area contributed by atoms with E-state index in [1.807, 2.05) is 24.3 Å². The summed E-state index contributed by atoms with van der Waals surface area (Å²) in [4.78, 5) is 36.2. The lowest BCUT2D eigenvalue weighted by Gasteiger charge is -2.25. The molecule has 0 spiro atoms. The molecule has 9 nitrogen and oxygen atoms in total. The smallest absolute Gasteiger partial charge is 0.322 e. The molecule has 0 unspecified atom stereocenters. The van der Waals surface area contributed by atoms with Crippen LogP contribution < -0.4 is 10.9 Å². The maximum Gasteiger partial charge on any atom is 0.322 e. The lowest BCUT2D eigenvalue weighted by atomic mass is 10.0. The van der Waals surface area contributed by atoms with Gasteiger partial charge in [0.2, 0.25) is 0 Å². The predicted molar refractivity (Wildman–Crippen MR) is 112 cm³/mol. The molecule has 10 heteroatoms. The van der Waals surface area contributed by atoms with E-state index in [4.69, 9.17) is 5.11 Å². The number of aromatic hydroxyl groups is 1. The molecule has 2 aromatic rings. The van der Waals surface area contributed by atoms with Gasteiger partial charge in [-0.2, -0.15) is 10.6 Å². The van der Waals surface area contributed by atoms with Gasteiger partial charge in [0.05, 0.1) is 18.1 Å². The number of pyridine rings is 1. The van der Waals surface area contributed by atoms with E-state index in [1.54, 1.807) is 0 Å². The third-order valence-electron chi connectivity index (χ3n) is 5.01. The summed E-state index contributed by atoms with van der Waals surface area (Å²) in [5, 5.41) is 21.3. The van der Waals surface area contributed by atoms with Crippen LogP contribution in [0.2, 0.25) is 0 Å². The van der Waals surface area contributed by atoms with E-state index in [1.165, 1.54) is 4.57 Å². The highest BCUT2D eigenvalue weighted by molar-refractivity contribution is 8.23. The second-order valence-corrected chi connectivity index (χ2v) is 9.79. The maximum absolute atomic E-state index is 13.1. The summed E-state index contributed by atoms with van der Waals surface area (Å²) in [6.07, 6.45) is 0. The van der Waals surface area contributed by atoms with Crippen LogP contribution in [-0.4, -0.2) is 42.3 Å². The zero-order valence-corrected chi connectivity index (χ0v) is 17.4. The van der Waals surface area contributed by atoms with Gasteiger partial charge in [0.15, 0.2) is 0 Å². The molecule has 3 rings (SSSR count). The van der Waals surface area contributed by atoms with Crippen molar-refractivity contribution in [1.29, 1.82) is 0 Å². The fourth-order valence-electron chi connectivity index (χ4n) is 3.43. The number of fused-ring (bicyclic) bond motifs is 1. The minimum absolute atomic E-state index is 0.0640. The van der Waals surface area contributed by atoms with Gasteiger partial charge in [0, 0.05) is 11.3 Å². The van der Waals surface area contributed by atoms with Crippen LogP contribution in [0.25, 0.3) is 0 Å². The van der Waals surface area contributed by atoms with Crippen molar-refractivity contribution in [2.45, 2.75) is 37.8 Å². The molecule has 0 bridgehead atoms. The van der Waals surface area contributed by atoms with Gasteiger partial charge in [0.25, 0.3) is 11.5 Å². The van der Waals surface area contributed by atoms with E-state index in [-0.39, 0.29) is 29.3 Å². The van der Waals surface area contributed by atoms with Gasteiger partial charge in [-0.15, -0.1) is 0 Å². The van der Waals surface area contributed by atoms with E-state index in [9.17, 15) is 28.6 Å². The summed E-state index contributed by atoms with van der Waals surface area (Å²) < 4.78 is 21.6. The molecule has 5 N–H and O–H groups in total. The third kappa shape index (κ3) is 4.35. The van der Waals surface area contributed by atoms with E-state index in [0.29, 0.717) is 5.92 Å². The zero-order valence-electron chi connectivity index (χ0n) is 16.6. The molecule has 162 valence electrons. The van der Waals surface area contributed by atoms with Crippen LogP contribution in [0.1, 0.15) is 52.5 Å².